The van der Waals surface area contributed by atoms with Crippen LogP contribution in [0.1, 0.15) is 24.2 Å². The van der Waals surface area contributed by atoms with Crippen molar-refractivity contribution in [1.29, 1.82) is 0 Å². The normalized spacial score (nSPS) is 11.4. The predicted molar refractivity (Wildman–Crippen MR) is 120 cm³/mol. The van der Waals surface area contributed by atoms with Crippen molar-refractivity contribution in [2.24, 2.45) is 0 Å². The summed E-state index contributed by atoms with van der Waals surface area (Å²) in [7, 11) is 3.02. The molecule has 0 aromatic heterocycles. The summed E-state index contributed by atoms with van der Waals surface area (Å²) in [6.45, 7) is 5.95. The Morgan fingerprint density at radius 3 is 2.00 bits per heavy atom. The van der Waals surface area contributed by atoms with Crippen molar-refractivity contribution >= 4 is 33.0 Å². The Labute approximate surface area is 174 Å². The van der Waals surface area contributed by atoms with Crippen molar-refractivity contribution in [2.45, 2.75) is 18.7 Å². The molecule has 0 bridgehead atoms. The molecule has 0 aliphatic carbocycles. The summed E-state index contributed by atoms with van der Waals surface area (Å²) in [5, 5.41) is 2.86. The van der Waals surface area contributed by atoms with Crippen molar-refractivity contribution in [1.82, 2.24) is 4.31 Å². The number of hydrogen-bond acceptors (Lipinski definition) is 5. The molecule has 158 valence electrons. The molecule has 2 aromatic rings. The predicted octanol–water partition coefficient (Wildman–Crippen LogP) is 3.10. The van der Waals surface area contributed by atoms with Gasteiger partial charge in [0.15, 0.2) is 0 Å². The van der Waals surface area contributed by atoms with E-state index in [2.05, 4.69) is 24.1 Å². The maximum atomic E-state index is 12.8. The third-order valence-corrected chi connectivity index (χ3v) is 6.55. The van der Waals surface area contributed by atoms with Gasteiger partial charge >= 0.3 is 0 Å². The lowest BCUT2D eigenvalue weighted by molar-refractivity contribution is 0.102. The van der Waals surface area contributed by atoms with E-state index in [0.717, 1.165) is 28.8 Å². The van der Waals surface area contributed by atoms with E-state index in [1.807, 2.05) is 31.1 Å². The zero-order valence-corrected chi connectivity index (χ0v) is 18.7. The smallest absolute Gasteiger partial charge is 0.255 e. The van der Waals surface area contributed by atoms with Gasteiger partial charge in [0, 0.05) is 52.5 Å². The van der Waals surface area contributed by atoms with Gasteiger partial charge in [-0.25, -0.2) is 12.7 Å². The van der Waals surface area contributed by atoms with Gasteiger partial charge in [-0.2, -0.15) is 0 Å². The van der Waals surface area contributed by atoms with E-state index < -0.39 is 10.0 Å². The van der Waals surface area contributed by atoms with E-state index in [1.54, 1.807) is 24.3 Å². The molecule has 2 aromatic carbocycles. The van der Waals surface area contributed by atoms with Crippen molar-refractivity contribution in [3.8, 4) is 0 Å². The standard InChI is InChI=1S/C21H30N4O3S/c1-7-25(8-2)17-11-9-16(10-12-17)21(26)22-19-15-18(29(27,28)24(5)6)13-14-20(19)23(3)4/h9-15H,7-8H2,1-6H3,(H,22,26). The van der Waals surface area contributed by atoms with E-state index in [0.29, 0.717) is 11.3 Å². The molecule has 7 nitrogen and oxygen atoms in total. The van der Waals surface area contributed by atoms with Gasteiger partial charge in [-0.3, -0.25) is 4.79 Å². The summed E-state index contributed by atoms with van der Waals surface area (Å²) < 4.78 is 26.1. The van der Waals surface area contributed by atoms with Crippen LogP contribution in [0.4, 0.5) is 17.1 Å². The first-order valence-corrected chi connectivity index (χ1v) is 11.0. The molecule has 0 aliphatic rings. The fourth-order valence-electron chi connectivity index (χ4n) is 2.98. The van der Waals surface area contributed by atoms with Crippen LogP contribution in [0.2, 0.25) is 0 Å². The number of carbonyl (C=O) groups excluding carboxylic acids is 1. The van der Waals surface area contributed by atoms with Crippen LogP contribution in [0.15, 0.2) is 47.4 Å². The molecule has 0 atom stereocenters. The molecule has 0 unspecified atom stereocenters. The first-order chi connectivity index (χ1) is 13.6. The van der Waals surface area contributed by atoms with Gasteiger partial charge in [0.25, 0.3) is 5.91 Å². The fourth-order valence-corrected chi connectivity index (χ4v) is 3.91. The van der Waals surface area contributed by atoms with E-state index in [1.165, 1.54) is 20.2 Å². The molecular formula is C21H30N4O3S. The molecule has 2 rings (SSSR count). The Morgan fingerprint density at radius 1 is 0.931 bits per heavy atom. The average molecular weight is 419 g/mol. The summed E-state index contributed by atoms with van der Waals surface area (Å²) in [5.74, 6) is -0.293. The molecule has 1 N–H and O–H groups in total. The van der Waals surface area contributed by atoms with E-state index >= 15 is 0 Å². The number of amides is 1. The molecule has 0 spiro atoms. The number of nitrogens with zero attached hydrogens (tertiary/aromatic N) is 3. The highest BCUT2D eigenvalue weighted by Crippen LogP contribution is 2.29. The molecule has 8 heteroatoms. The molecule has 0 heterocycles. The van der Waals surface area contributed by atoms with Crippen molar-refractivity contribution in [3.63, 3.8) is 0 Å². The average Bonchev–Trinajstić information content (AvgIpc) is 2.69. The first-order valence-electron chi connectivity index (χ1n) is 9.52. The quantitative estimate of drug-likeness (QED) is 0.713. The minimum Gasteiger partial charge on any atom is -0.376 e. The van der Waals surface area contributed by atoms with Crippen molar-refractivity contribution < 1.29 is 13.2 Å². The fraction of sp³-hybridized carbons (Fsp3) is 0.381. The van der Waals surface area contributed by atoms with Crippen LogP contribution in [0, 0.1) is 0 Å². The lowest BCUT2D eigenvalue weighted by Crippen LogP contribution is -2.23. The molecule has 29 heavy (non-hydrogen) atoms. The molecule has 0 fully saturated rings. The van der Waals surface area contributed by atoms with Crippen LogP contribution in [0.25, 0.3) is 0 Å². The van der Waals surface area contributed by atoms with Gasteiger partial charge < -0.3 is 15.1 Å². The maximum Gasteiger partial charge on any atom is 0.255 e. The van der Waals surface area contributed by atoms with Gasteiger partial charge in [-0.15, -0.1) is 0 Å². The van der Waals surface area contributed by atoms with E-state index in [4.69, 9.17) is 0 Å². The highest BCUT2D eigenvalue weighted by molar-refractivity contribution is 7.89. The summed E-state index contributed by atoms with van der Waals surface area (Å²) in [4.78, 5) is 16.9. The van der Waals surface area contributed by atoms with Crippen LogP contribution in [0.3, 0.4) is 0 Å². The lowest BCUT2D eigenvalue weighted by atomic mass is 10.1. The monoisotopic (exact) mass is 418 g/mol. The minimum absolute atomic E-state index is 0.125. The number of sulfonamides is 1. The zero-order chi connectivity index (χ0) is 21.8. The number of hydrogen-bond donors (Lipinski definition) is 1. The van der Waals surface area contributed by atoms with Crippen molar-refractivity contribution in [3.05, 3.63) is 48.0 Å². The number of carbonyl (C=O) groups is 1. The van der Waals surface area contributed by atoms with E-state index in [9.17, 15) is 13.2 Å². The second-order valence-corrected chi connectivity index (χ2v) is 9.19. The molecular weight excluding hydrogens is 388 g/mol. The van der Waals surface area contributed by atoms with Gasteiger partial charge in [-0.1, -0.05) is 0 Å². The third-order valence-electron chi connectivity index (χ3n) is 4.73. The maximum absolute atomic E-state index is 12.8. The first kappa shape index (κ1) is 22.7. The number of benzene rings is 2. The van der Waals surface area contributed by atoms with Gasteiger partial charge in [0.05, 0.1) is 16.3 Å². The SMILES string of the molecule is CCN(CC)c1ccc(C(=O)Nc2cc(S(=O)(=O)N(C)C)ccc2N(C)C)cc1. The molecule has 0 saturated carbocycles. The lowest BCUT2D eigenvalue weighted by Gasteiger charge is -2.21. The Bertz CT molecular complexity index is 950. The summed E-state index contributed by atoms with van der Waals surface area (Å²) in [6.07, 6.45) is 0. The molecule has 0 saturated heterocycles. The number of rotatable bonds is 8. The van der Waals surface area contributed by atoms with Crippen LogP contribution >= 0.6 is 0 Å². The Hall–Kier alpha value is -2.58. The van der Waals surface area contributed by atoms with Crippen LogP contribution in [-0.2, 0) is 10.0 Å². The second-order valence-electron chi connectivity index (χ2n) is 7.03. The van der Waals surface area contributed by atoms with Crippen LogP contribution < -0.4 is 15.1 Å². The van der Waals surface area contributed by atoms with E-state index in [-0.39, 0.29) is 10.8 Å². The van der Waals surface area contributed by atoms with Crippen LogP contribution in [0.5, 0.6) is 0 Å². The molecule has 0 aliphatic heterocycles. The largest absolute Gasteiger partial charge is 0.376 e. The number of anilines is 3. The Morgan fingerprint density at radius 2 is 1.52 bits per heavy atom. The number of nitrogens with one attached hydrogen (secondary N) is 1. The van der Waals surface area contributed by atoms with Crippen LogP contribution in [-0.4, -0.2) is 59.9 Å². The van der Waals surface area contributed by atoms with Gasteiger partial charge in [0.2, 0.25) is 10.0 Å². The van der Waals surface area contributed by atoms with Gasteiger partial charge in [0.1, 0.15) is 0 Å². The summed E-state index contributed by atoms with van der Waals surface area (Å²) >= 11 is 0. The summed E-state index contributed by atoms with van der Waals surface area (Å²) in [5.41, 5.74) is 2.72. The topological polar surface area (TPSA) is 73.0 Å². The Balaban J connectivity index is 2.35. The second kappa shape index (κ2) is 9.28. The summed E-state index contributed by atoms with van der Waals surface area (Å²) in [6, 6.07) is 12.1. The zero-order valence-electron chi connectivity index (χ0n) is 17.9. The Kier molecular flexibility index (Phi) is 7.26. The minimum atomic E-state index is -3.61. The highest BCUT2D eigenvalue weighted by atomic mass is 32.2. The molecule has 1 amide bonds. The molecule has 0 radical (unpaired) electrons. The van der Waals surface area contributed by atoms with Gasteiger partial charge in [-0.05, 0) is 56.3 Å². The van der Waals surface area contributed by atoms with Crippen molar-refractivity contribution in [2.75, 3.05) is 56.4 Å². The highest BCUT2D eigenvalue weighted by Gasteiger charge is 2.20. The third kappa shape index (κ3) is 5.07.